The van der Waals surface area contributed by atoms with Crippen LogP contribution in [0.2, 0.25) is 0 Å². The SMILES string of the molecule is CC(C)(O)[C@@H]1C(c2ccccc2)=Cc2ccccc21. The van der Waals surface area contributed by atoms with E-state index in [4.69, 9.17) is 0 Å². The Bertz CT molecular complexity index is 618. The van der Waals surface area contributed by atoms with Crippen molar-refractivity contribution < 1.29 is 5.11 Å². The molecule has 0 radical (unpaired) electrons. The van der Waals surface area contributed by atoms with Gasteiger partial charge in [-0.25, -0.2) is 0 Å². The first-order chi connectivity index (χ1) is 9.07. The minimum Gasteiger partial charge on any atom is -0.389 e. The minimum absolute atomic E-state index is 0.0334. The van der Waals surface area contributed by atoms with E-state index in [1.165, 1.54) is 22.3 Å². The van der Waals surface area contributed by atoms with Crippen LogP contribution in [-0.4, -0.2) is 10.7 Å². The first-order valence-electron chi connectivity index (χ1n) is 6.66. The quantitative estimate of drug-likeness (QED) is 0.851. The van der Waals surface area contributed by atoms with Crippen LogP contribution in [0.1, 0.15) is 36.5 Å². The highest BCUT2D eigenvalue weighted by molar-refractivity contribution is 5.92. The Hall–Kier alpha value is -1.86. The normalized spacial score (nSPS) is 18.1. The van der Waals surface area contributed by atoms with Crippen molar-refractivity contribution in [3.05, 3.63) is 71.3 Å². The van der Waals surface area contributed by atoms with Gasteiger partial charge in [-0.2, -0.15) is 0 Å². The molecule has 2 aromatic rings. The molecule has 2 aromatic carbocycles. The zero-order chi connectivity index (χ0) is 13.5. The summed E-state index contributed by atoms with van der Waals surface area (Å²) in [5.41, 5.74) is 4.05. The van der Waals surface area contributed by atoms with Gasteiger partial charge < -0.3 is 5.11 Å². The van der Waals surface area contributed by atoms with Crippen LogP contribution in [0.15, 0.2) is 54.6 Å². The van der Waals surface area contributed by atoms with Crippen molar-refractivity contribution in [3.8, 4) is 0 Å². The maximum Gasteiger partial charge on any atom is 0.0700 e. The fourth-order valence-electron chi connectivity index (χ4n) is 2.97. The molecule has 0 amide bonds. The second-order valence-electron chi connectivity index (χ2n) is 5.68. The molecule has 0 spiro atoms. The molecule has 0 aliphatic heterocycles. The lowest BCUT2D eigenvalue weighted by atomic mass is 9.80. The maximum atomic E-state index is 10.6. The van der Waals surface area contributed by atoms with Gasteiger partial charge in [0.05, 0.1) is 5.60 Å². The number of fused-ring (bicyclic) bond motifs is 1. The van der Waals surface area contributed by atoms with E-state index in [2.05, 4.69) is 30.3 Å². The van der Waals surface area contributed by atoms with Crippen LogP contribution in [-0.2, 0) is 0 Å². The number of aliphatic hydroxyl groups is 1. The summed E-state index contributed by atoms with van der Waals surface area (Å²) in [4.78, 5) is 0. The molecule has 1 aliphatic carbocycles. The highest BCUT2D eigenvalue weighted by Crippen LogP contribution is 2.47. The van der Waals surface area contributed by atoms with Crippen molar-refractivity contribution in [1.29, 1.82) is 0 Å². The Morgan fingerprint density at radius 1 is 0.895 bits per heavy atom. The number of benzene rings is 2. The molecule has 0 aromatic heterocycles. The molecule has 1 nitrogen and oxygen atoms in total. The molecule has 0 unspecified atom stereocenters. The van der Waals surface area contributed by atoms with Gasteiger partial charge in [0, 0.05) is 5.92 Å². The van der Waals surface area contributed by atoms with E-state index >= 15 is 0 Å². The highest BCUT2D eigenvalue weighted by atomic mass is 16.3. The van der Waals surface area contributed by atoms with Crippen molar-refractivity contribution in [2.75, 3.05) is 0 Å². The summed E-state index contributed by atoms with van der Waals surface area (Å²) in [6.45, 7) is 3.77. The van der Waals surface area contributed by atoms with Crippen LogP contribution in [0.25, 0.3) is 11.6 Å². The average Bonchev–Trinajstić information content (AvgIpc) is 2.79. The minimum atomic E-state index is -0.770. The van der Waals surface area contributed by atoms with Crippen LogP contribution in [0, 0.1) is 0 Å². The molecule has 0 fully saturated rings. The van der Waals surface area contributed by atoms with Gasteiger partial charge in [-0.1, -0.05) is 60.7 Å². The molecule has 0 bridgehead atoms. The number of rotatable bonds is 2. The molecule has 3 rings (SSSR count). The predicted octanol–water partition coefficient (Wildman–Crippen LogP) is 4.10. The molecule has 96 valence electrons. The van der Waals surface area contributed by atoms with Crippen molar-refractivity contribution in [2.45, 2.75) is 25.4 Å². The molecule has 1 atom stereocenters. The van der Waals surface area contributed by atoms with Crippen LogP contribution in [0.5, 0.6) is 0 Å². The van der Waals surface area contributed by atoms with Gasteiger partial charge in [0.1, 0.15) is 0 Å². The van der Waals surface area contributed by atoms with Crippen molar-refractivity contribution in [2.24, 2.45) is 0 Å². The Balaban J connectivity index is 2.16. The van der Waals surface area contributed by atoms with E-state index in [0.717, 1.165) is 0 Å². The van der Waals surface area contributed by atoms with E-state index in [-0.39, 0.29) is 5.92 Å². The standard InChI is InChI=1S/C18H18O/c1-18(2,19)17-15-11-7-6-10-14(15)12-16(17)13-8-4-3-5-9-13/h3-12,17,19H,1-2H3/t17-/m0/s1. The third-order valence-corrected chi connectivity index (χ3v) is 3.74. The molecule has 1 aliphatic rings. The predicted molar refractivity (Wildman–Crippen MR) is 79.8 cm³/mol. The summed E-state index contributed by atoms with van der Waals surface area (Å²) in [6.07, 6.45) is 2.20. The lowest BCUT2D eigenvalue weighted by Gasteiger charge is -2.29. The molecular weight excluding hydrogens is 232 g/mol. The monoisotopic (exact) mass is 250 g/mol. The molecule has 19 heavy (non-hydrogen) atoms. The number of hydrogen-bond acceptors (Lipinski definition) is 1. The van der Waals surface area contributed by atoms with Crippen molar-refractivity contribution in [3.63, 3.8) is 0 Å². The van der Waals surface area contributed by atoms with Crippen LogP contribution in [0.4, 0.5) is 0 Å². The zero-order valence-corrected chi connectivity index (χ0v) is 11.3. The van der Waals surface area contributed by atoms with Crippen LogP contribution < -0.4 is 0 Å². The van der Waals surface area contributed by atoms with E-state index in [9.17, 15) is 5.11 Å². The maximum absolute atomic E-state index is 10.6. The Kier molecular flexibility index (Phi) is 2.79. The fourth-order valence-corrected chi connectivity index (χ4v) is 2.97. The third-order valence-electron chi connectivity index (χ3n) is 3.74. The van der Waals surface area contributed by atoms with Crippen molar-refractivity contribution >= 4 is 11.6 Å². The van der Waals surface area contributed by atoms with E-state index in [1.807, 2.05) is 44.2 Å². The van der Waals surface area contributed by atoms with Crippen LogP contribution in [0.3, 0.4) is 0 Å². The molecule has 1 heteroatoms. The van der Waals surface area contributed by atoms with E-state index in [1.54, 1.807) is 0 Å². The molecule has 1 N–H and O–H groups in total. The van der Waals surface area contributed by atoms with Gasteiger partial charge in [0.15, 0.2) is 0 Å². The molecular formula is C18H18O. The second kappa shape index (κ2) is 4.36. The Morgan fingerprint density at radius 2 is 1.53 bits per heavy atom. The Labute approximate surface area is 114 Å². The molecule has 0 saturated heterocycles. The summed E-state index contributed by atoms with van der Waals surface area (Å²) in [5, 5.41) is 10.6. The summed E-state index contributed by atoms with van der Waals surface area (Å²) in [7, 11) is 0. The van der Waals surface area contributed by atoms with Crippen LogP contribution >= 0.6 is 0 Å². The average molecular weight is 250 g/mol. The third kappa shape index (κ3) is 2.11. The summed E-state index contributed by atoms with van der Waals surface area (Å²) >= 11 is 0. The van der Waals surface area contributed by atoms with Gasteiger partial charge in [0.2, 0.25) is 0 Å². The smallest absolute Gasteiger partial charge is 0.0700 e. The van der Waals surface area contributed by atoms with E-state index < -0.39 is 5.60 Å². The summed E-state index contributed by atoms with van der Waals surface area (Å²) in [5.74, 6) is 0.0334. The Morgan fingerprint density at radius 3 is 2.21 bits per heavy atom. The second-order valence-corrected chi connectivity index (χ2v) is 5.68. The van der Waals surface area contributed by atoms with Crippen molar-refractivity contribution in [1.82, 2.24) is 0 Å². The lowest BCUT2D eigenvalue weighted by molar-refractivity contribution is 0.0689. The fraction of sp³-hybridized carbons (Fsp3) is 0.222. The molecule has 0 saturated carbocycles. The molecule has 0 heterocycles. The van der Waals surface area contributed by atoms with Gasteiger partial charge in [-0.05, 0) is 36.1 Å². The summed E-state index contributed by atoms with van der Waals surface area (Å²) in [6, 6.07) is 18.6. The largest absolute Gasteiger partial charge is 0.389 e. The lowest BCUT2D eigenvalue weighted by Crippen LogP contribution is -2.28. The van der Waals surface area contributed by atoms with E-state index in [0.29, 0.717) is 0 Å². The summed E-state index contributed by atoms with van der Waals surface area (Å²) < 4.78 is 0. The number of hydrogen-bond donors (Lipinski definition) is 1. The zero-order valence-electron chi connectivity index (χ0n) is 11.3. The first-order valence-corrected chi connectivity index (χ1v) is 6.66. The first kappa shape index (κ1) is 12.2. The topological polar surface area (TPSA) is 20.2 Å². The van der Waals surface area contributed by atoms with Gasteiger partial charge in [0.25, 0.3) is 0 Å². The van der Waals surface area contributed by atoms with Gasteiger partial charge in [-0.3, -0.25) is 0 Å². The van der Waals surface area contributed by atoms with Gasteiger partial charge in [-0.15, -0.1) is 0 Å². The van der Waals surface area contributed by atoms with Gasteiger partial charge >= 0.3 is 0 Å². The highest BCUT2D eigenvalue weighted by Gasteiger charge is 2.36.